The van der Waals surface area contributed by atoms with Gasteiger partial charge in [0.15, 0.2) is 0 Å². The summed E-state index contributed by atoms with van der Waals surface area (Å²) in [6, 6.07) is 28.6. The van der Waals surface area contributed by atoms with E-state index in [1.54, 1.807) is 12.4 Å². The van der Waals surface area contributed by atoms with Crippen molar-refractivity contribution in [3.05, 3.63) is 109 Å². The van der Waals surface area contributed by atoms with Gasteiger partial charge in [-0.25, -0.2) is 9.97 Å². The molecule has 0 radical (unpaired) electrons. The Hall–Kier alpha value is -4.58. The van der Waals surface area contributed by atoms with Gasteiger partial charge in [0, 0.05) is 29.3 Å². The predicted octanol–water partition coefficient (Wildman–Crippen LogP) is 5.69. The Morgan fingerprint density at radius 1 is 0.656 bits per heavy atom. The van der Waals surface area contributed by atoms with Crippen molar-refractivity contribution in [3.63, 3.8) is 0 Å². The van der Waals surface area contributed by atoms with E-state index < -0.39 is 0 Å². The molecule has 2 N–H and O–H groups in total. The Bertz CT molecular complexity index is 1380. The molecular formula is C26H19N5O. The quantitative estimate of drug-likeness (QED) is 0.384. The van der Waals surface area contributed by atoms with E-state index in [4.69, 9.17) is 0 Å². The molecule has 0 aliphatic rings. The Morgan fingerprint density at radius 2 is 1.44 bits per heavy atom. The van der Waals surface area contributed by atoms with Gasteiger partial charge < -0.3 is 10.6 Å². The number of nitrogens with zero attached hydrogens (tertiary/aromatic N) is 3. The normalized spacial score (nSPS) is 10.6. The number of hydrogen-bond acceptors (Lipinski definition) is 5. The molecule has 0 aliphatic heterocycles. The van der Waals surface area contributed by atoms with E-state index >= 15 is 0 Å². The van der Waals surface area contributed by atoms with Crippen LogP contribution in [0.5, 0.6) is 0 Å². The number of pyridine rings is 1. The Labute approximate surface area is 185 Å². The van der Waals surface area contributed by atoms with Gasteiger partial charge in [-0.1, -0.05) is 36.4 Å². The van der Waals surface area contributed by atoms with Gasteiger partial charge >= 0.3 is 0 Å². The van der Waals surface area contributed by atoms with Crippen LogP contribution < -0.4 is 10.6 Å². The fourth-order valence-corrected chi connectivity index (χ4v) is 3.38. The molecule has 32 heavy (non-hydrogen) atoms. The predicted molar refractivity (Wildman–Crippen MR) is 127 cm³/mol. The van der Waals surface area contributed by atoms with E-state index in [2.05, 4.69) is 25.6 Å². The van der Waals surface area contributed by atoms with Crippen LogP contribution in [-0.4, -0.2) is 20.9 Å². The molecule has 5 rings (SSSR count). The second-order valence-electron chi connectivity index (χ2n) is 7.20. The molecule has 0 unspecified atom stereocenters. The molecule has 154 valence electrons. The highest BCUT2D eigenvalue weighted by atomic mass is 16.1. The molecule has 1 amide bonds. The fourth-order valence-electron chi connectivity index (χ4n) is 3.38. The van der Waals surface area contributed by atoms with E-state index in [0.717, 1.165) is 27.8 Å². The van der Waals surface area contributed by atoms with Crippen LogP contribution >= 0.6 is 0 Å². The third-order valence-electron chi connectivity index (χ3n) is 4.99. The van der Waals surface area contributed by atoms with Crippen molar-refractivity contribution in [2.24, 2.45) is 0 Å². The van der Waals surface area contributed by atoms with Gasteiger partial charge in [-0.2, -0.15) is 0 Å². The van der Waals surface area contributed by atoms with Crippen LogP contribution in [0, 0.1) is 0 Å². The highest BCUT2D eigenvalue weighted by Gasteiger charge is 2.08. The summed E-state index contributed by atoms with van der Waals surface area (Å²) < 4.78 is 0. The molecule has 6 nitrogen and oxygen atoms in total. The lowest BCUT2D eigenvalue weighted by atomic mass is 10.1. The summed E-state index contributed by atoms with van der Waals surface area (Å²) >= 11 is 0. The van der Waals surface area contributed by atoms with Crippen LogP contribution in [0.3, 0.4) is 0 Å². The lowest BCUT2D eigenvalue weighted by Crippen LogP contribution is -2.11. The van der Waals surface area contributed by atoms with Crippen molar-refractivity contribution in [1.82, 2.24) is 15.0 Å². The fraction of sp³-hybridized carbons (Fsp3) is 0. The molecular weight excluding hydrogens is 398 g/mol. The van der Waals surface area contributed by atoms with E-state index in [1.165, 1.54) is 0 Å². The first-order chi connectivity index (χ1) is 15.7. The van der Waals surface area contributed by atoms with Crippen molar-refractivity contribution in [1.29, 1.82) is 0 Å². The number of amides is 1. The third-order valence-corrected chi connectivity index (χ3v) is 4.99. The maximum atomic E-state index is 12.7. The Balaban J connectivity index is 1.27. The number of nitrogens with one attached hydrogen (secondary N) is 2. The third kappa shape index (κ3) is 4.29. The summed E-state index contributed by atoms with van der Waals surface area (Å²) in [4.78, 5) is 25.8. The number of carbonyl (C=O) groups excluding carboxylic acids is 1. The highest BCUT2D eigenvalue weighted by molar-refractivity contribution is 6.06. The van der Waals surface area contributed by atoms with Crippen LogP contribution in [0.4, 0.5) is 17.3 Å². The molecule has 0 spiro atoms. The van der Waals surface area contributed by atoms with Crippen LogP contribution in [0.15, 0.2) is 103 Å². The van der Waals surface area contributed by atoms with Crippen molar-refractivity contribution < 1.29 is 4.79 Å². The largest absolute Gasteiger partial charge is 0.324 e. The van der Waals surface area contributed by atoms with Gasteiger partial charge in [-0.05, 0) is 65.4 Å². The average Bonchev–Trinajstić information content (AvgIpc) is 2.85. The molecule has 0 saturated carbocycles. The zero-order valence-corrected chi connectivity index (χ0v) is 17.1. The minimum atomic E-state index is -0.150. The Morgan fingerprint density at radius 3 is 2.25 bits per heavy atom. The van der Waals surface area contributed by atoms with E-state index in [0.29, 0.717) is 17.2 Å². The van der Waals surface area contributed by atoms with E-state index in [9.17, 15) is 4.79 Å². The summed E-state index contributed by atoms with van der Waals surface area (Å²) in [5.74, 6) is 0.323. The molecule has 0 atom stereocenters. The first-order valence-electron chi connectivity index (χ1n) is 10.2. The molecule has 0 fully saturated rings. The smallest absolute Gasteiger partial charge is 0.255 e. The minimum Gasteiger partial charge on any atom is -0.324 e. The van der Waals surface area contributed by atoms with Gasteiger partial charge in [0.25, 0.3) is 5.91 Å². The number of rotatable bonds is 5. The number of benzene rings is 3. The molecule has 2 aromatic heterocycles. The summed E-state index contributed by atoms with van der Waals surface area (Å²) in [6.07, 6.45) is 3.42. The van der Waals surface area contributed by atoms with Gasteiger partial charge in [0.2, 0.25) is 5.95 Å². The summed E-state index contributed by atoms with van der Waals surface area (Å²) in [5.41, 5.74) is 3.65. The maximum Gasteiger partial charge on any atom is 0.255 e. The second-order valence-corrected chi connectivity index (χ2v) is 7.20. The molecule has 0 aliphatic carbocycles. The zero-order chi connectivity index (χ0) is 21.8. The number of anilines is 3. The van der Waals surface area contributed by atoms with Crippen LogP contribution in [-0.2, 0) is 0 Å². The van der Waals surface area contributed by atoms with Gasteiger partial charge in [-0.15, -0.1) is 0 Å². The lowest BCUT2D eigenvalue weighted by molar-refractivity contribution is 0.102. The summed E-state index contributed by atoms with van der Waals surface area (Å²) in [5, 5.41) is 8.26. The van der Waals surface area contributed by atoms with Crippen molar-refractivity contribution in [2.75, 3.05) is 10.6 Å². The van der Waals surface area contributed by atoms with Crippen molar-refractivity contribution >= 4 is 34.0 Å². The monoisotopic (exact) mass is 417 g/mol. The first kappa shape index (κ1) is 19.4. The van der Waals surface area contributed by atoms with Crippen LogP contribution in [0.2, 0.25) is 0 Å². The maximum absolute atomic E-state index is 12.7. The highest BCUT2D eigenvalue weighted by Crippen LogP contribution is 2.21. The number of hydrogen-bond donors (Lipinski definition) is 2. The van der Waals surface area contributed by atoms with E-state index in [1.807, 2.05) is 91.0 Å². The topological polar surface area (TPSA) is 79.8 Å². The molecule has 0 saturated heterocycles. The molecule has 2 heterocycles. The van der Waals surface area contributed by atoms with Crippen LogP contribution in [0.25, 0.3) is 22.2 Å². The Kier molecular flexibility index (Phi) is 5.24. The molecule has 6 heteroatoms. The van der Waals surface area contributed by atoms with Gasteiger partial charge in [0.05, 0.1) is 11.4 Å². The minimum absolute atomic E-state index is 0.150. The summed E-state index contributed by atoms with van der Waals surface area (Å²) in [7, 11) is 0. The van der Waals surface area contributed by atoms with Gasteiger partial charge in [0.1, 0.15) is 0 Å². The molecule has 3 aromatic carbocycles. The second kappa shape index (κ2) is 8.65. The van der Waals surface area contributed by atoms with Gasteiger partial charge in [-0.3, -0.25) is 9.78 Å². The SMILES string of the molecule is O=C(Nc1ccc(Nc2nccc(-c3ccccn3)n2)cc1)c1ccc2ccccc2c1. The van der Waals surface area contributed by atoms with E-state index in [-0.39, 0.29) is 5.91 Å². The van der Waals surface area contributed by atoms with Crippen molar-refractivity contribution in [3.8, 4) is 11.4 Å². The molecule has 5 aromatic rings. The standard InChI is InChI=1S/C26H19N5O/c32-25(20-9-8-18-5-1-2-6-19(18)17-20)29-21-10-12-22(13-11-21)30-26-28-16-14-24(31-26)23-7-3-4-15-27-23/h1-17H,(H,29,32)(H,28,30,31). The average molecular weight is 417 g/mol. The zero-order valence-electron chi connectivity index (χ0n) is 17.1. The van der Waals surface area contributed by atoms with Crippen molar-refractivity contribution in [2.45, 2.75) is 0 Å². The first-order valence-corrected chi connectivity index (χ1v) is 10.2. The number of carbonyl (C=O) groups is 1. The lowest BCUT2D eigenvalue weighted by Gasteiger charge is -2.09. The molecule has 0 bridgehead atoms. The number of aromatic nitrogens is 3. The number of fused-ring (bicyclic) bond motifs is 1. The summed E-state index contributed by atoms with van der Waals surface area (Å²) in [6.45, 7) is 0. The van der Waals surface area contributed by atoms with Crippen LogP contribution in [0.1, 0.15) is 10.4 Å².